The Morgan fingerprint density at radius 3 is 2.53 bits per heavy atom. The van der Waals surface area contributed by atoms with Crippen molar-refractivity contribution in [2.45, 2.75) is 25.4 Å². The molecule has 30 heavy (non-hydrogen) atoms. The van der Waals surface area contributed by atoms with E-state index in [-0.39, 0.29) is 17.2 Å². The monoisotopic (exact) mass is 472 g/mol. The Bertz CT molecular complexity index is 932. The van der Waals surface area contributed by atoms with Crippen LogP contribution in [0.1, 0.15) is 19.8 Å². The summed E-state index contributed by atoms with van der Waals surface area (Å²) in [6.45, 7) is 2.48. The molecule has 2 aromatic carbocycles. The summed E-state index contributed by atoms with van der Waals surface area (Å²) in [5, 5.41) is 3.02. The molecule has 0 fully saturated rings. The molecule has 1 heterocycles. The molecule has 1 aliphatic rings. The third-order valence-electron chi connectivity index (χ3n) is 4.63. The van der Waals surface area contributed by atoms with E-state index in [2.05, 4.69) is 31.2 Å². The van der Waals surface area contributed by atoms with E-state index >= 15 is 0 Å². The van der Waals surface area contributed by atoms with Crippen molar-refractivity contribution in [1.29, 1.82) is 0 Å². The zero-order chi connectivity index (χ0) is 21.6. The van der Waals surface area contributed by atoms with Crippen LogP contribution in [0.4, 0.5) is 11.4 Å². The molecule has 1 amide bonds. The minimum absolute atomic E-state index is 0.102. The van der Waals surface area contributed by atoms with E-state index < -0.39 is 5.66 Å². The number of hydrogen-bond donors (Lipinski definition) is 3. The van der Waals surface area contributed by atoms with Crippen LogP contribution < -0.4 is 26.4 Å². The summed E-state index contributed by atoms with van der Waals surface area (Å²) < 4.78 is 5.84. The van der Waals surface area contributed by atoms with E-state index in [1.807, 2.05) is 54.3 Å². The van der Waals surface area contributed by atoms with Crippen LogP contribution in [-0.2, 0) is 4.79 Å². The van der Waals surface area contributed by atoms with Crippen molar-refractivity contribution >= 4 is 45.1 Å². The molecule has 0 aromatic heterocycles. The normalized spacial score (nSPS) is 18.4. The fourth-order valence-corrected chi connectivity index (χ4v) is 3.46. The van der Waals surface area contributed by atoms with Crippen molar-refractivity contribution in [2.24, 2.45) is 21.5 Å². The average molecular weight is 473 g/mol. The van der Waals surface area contributed by atoms with Crippen LogP contribution in [0, 0.1) is 0 Å². The number of carbonyl (C=O) groups excluding carboxylic acids is 1. The second-order valence-corrected chi connectivity index (χ2v) is 7.55. The molecule has 9 heteroatoms. The quantitative estimate of drug-likeness (QED) is 0.402. The van der Waals surface area contributed by atoms with Gasteiger partial charge in [0.1, 0.15) is 11.4 Å². The number of hydrogen-bond acceptors (Lipinski definition) is 7. The summed E-state index contributed by atoms with van der Waals surface area (Å²) in [5.41, 5.74) is 13.0. The van der Waals surface area contributed by atoms with Crippen molar-refractivity contribution in [3.05, 3.63) is 54.6 Å². The lowest BCUT2D eigenvalue weighted by Crippen LogP contribution is -2.56. The van der Waals surface area contributed by atoms with E-state index in [4.69, 9.17) is 16.2 Å². The molecule has 158 valence electrons. The van der Waals surface area contributed by atoms with Crippen molar-refractivity contribution < 1.29 is 9.53 Å². The molecule has 0 aliphatic carbocycles. The number of nitrogens with zero attached hydrogens (tertiary/aromatic N) is 3. The maximum atomic E-state index is 11.4. The van der Waals surface area contributed by atoms with E-state index in [1.54, 1.807) is 12.1 Å². The van der Waals surface area contributed by atoms with Crippen LogP contribution in [0.5, 0.6) is 5.75 Å². The summed E-state index contributed by atoms with van der Waals surface area (Å²) in [6, 6.07) is 17.0. The molecule has 1 atom stereocenters. The number of anilines is 2. The van der Waals surface area contributed by atoms with Crippen molar-refractivity contribution in [1.82, 2.24) is 0 Å². The van der Waals surface area contributed by atoms with Crippen LogP contribution in [-0.4, -0.2) is 35.4 Å². The number of para-hydroxylation sites is 1. The summed E-state index contributed by atoms with van der Waals surface area (Å²) in [5.74, 6) is 1.11. The lowest BCUT2D eigenvalue weighted by molar-refractivity contribution is -0.113. The summed E-state index contributed by atoms with van der Waals surface area (Å²) in [4.78, 5) is 22.0. The number of benzene rings is 2. The Hall–Kier alpha value is -3.07. The highest BCUT2D eigenvalue weighted by molar-refractivity contribution is 9.09. The predicted molar refractivity (Wildman–Crippen MR) is 124 cm³/mol. The molecule has 1 aliphatic heterocycles. The van der Waals surface area contributed by atoms with Gasteiger partial charge in [-0.3, -0.25) is 9.69 Å². The molecule has 0 saturated heterocycles. The standard InChI is InChI=1S/C21H25BrN6O2/c1-21(27-19(23)26-20(24)28(21)16-6-3-2-4-7-16)12-5-13-30-17-10-8-15(9-11-17)25-18(29)14-22/h2-4,6-11H,5,12-14H2,1H3,(H,25,29)(H4,23,24,26,27). The maximum Gasteiger partial charge on any atom is 0.235 e. The third kappa shape index (κ3) is 5.29. The molecule has 3 rings (SSSR count). The number of aliphatic imine (C=N–C) groups is 2. The molecular weight excluding hydrogens is 448 g/mol. The lowest BCUT2D eigenvalue weighted by Gasteiger charge is -2.41. The summed E-state index contributed by atoms with van der Waals surface area (Å²) in [7, 11) is 0. The molecule has 1 unspecified atom stereocenters. The van der Waals surface area contributed by atoms with E-state index in [0.29, 0.717) is 19.0 Å². The largest absolute Gasteiger partial charge is 0.494 e. The zero-order valence-corrected chi connectivity index (χ0v) is 18.3. The van der Waals surface area contributed by atoms with Crippen molar-refractivity contribution in [3.63, 3.8) is 0 Å². The summed E-state index contributed by atoms with van der Waals surface area (Å²) >= 11 is 3.12. The molecular formula is C21H25BrN6O2. The maximum absolute atomic E-state index is 11.4. The summed E-state index contributed by atoms with van der Waals surface area (Å²) in [6.07, 6.45) is 1.39. The van der Waals surface area contributed by atoms with Gasteiger partial charge in [-0.25, -0.2) is 4.99 Å². The molecule has 0 bridgehead atoms. The van der Waals surface area contributed by atoms with Gasteiger partial charge in [-0.05, 0) is 56.2 Å². The van der Waals surface area contributed by atoms with Gasteiger partial charge in [0.15, 0.2) is 0 Å². The molecule has 5 N–H and O–H groups in total. The number of carbonyl (C=O) groups is 1. The van der Waals surface area contributed by atoms with Gasteiger partial charge in [0.25, 0.3) is 0 Å². The van der Waals surface area contributed by atoms with Crippen molar-refractivity contribution in [3.8, 4) is 5.75 Å². The van der Waals surface area contributed by atoms with Gasteiger partial charge < -0.3 is 21.5 Å². The number of nitrogens with two attached hydrogens (primary N) is 2. The molecule has 0 spiro atoms. The van der Waals surface area contributed by atoms with E-state index in [1.165, 1.54) is 0 Å². The number of alkyl halides is 1. The fourth-order valence-electron chi connectivity index (χ4n) is 3.32. The van der Waals surface area contributed by atoms with Gasteiger partial charge >= 0.3 is 0 Å². The number of rotatable bonds is 8. The van der Waals surface area contributed by atoms with Gasteiger partial charge in [0.2, 0.25) is 17.8 Å². The topological polar surface area (TPSA) is 118 Å². The Morgan fingerprint density at radius 2 is 1.87 bits per heavy atom. The first-order valence-electron chi connectivity index (χ1n) is 9.55. The van der Waals surface area contributed by atoms with Gasteiger partial charge in [-0.2, -0.15) is 4.99 Å². The van der Waals surface area contributed by atoms with Crippen LogP contribution in [0.2, 0.25) is 0 Å². The highest BCUT2D eigenvalue weighted by Gasteiger charge is 2.37. The number of nitrogens with one attached hydrogen (secondary N) is 1. The smallest absolute Gasteiger partial charge is 0.235 e. The van der Waals surface area contributed by atoms with Gasteiger partial charge in [0, 0.05) is 11.4 Å². The Labute approximate surface area is 184 Å². The number of guanidine groups is 2. The Kier molecular flexibility index (Phi) is 6.94. The first-order chi connectivity index (χ1) is 14.4. The second-order valence-electron chi connectivity index (χ2n) is 6.99. The van der Waals surface area contributed by atoms with E-state index in [0.717, 1.165) is 23.5 Å². The van der Waals surface area contributed by atoms with Crippen LogP contribution in [0.25, 0.3) is 0 Å². The molecule has 0 saturated carbocycles. The highest BCUT2D eigenvalue weighted by atomic mass is 79.9. The Balaban J connectivity index is 1.60. The number of ether oxygens (including phenoxy) is 1. The highest BCUT2D eigenvalue weighted by Crippen LogP contribution is 2.31. The average Bonchev–Trinajstić information content (AvgIpc) is 2.72. The number of halogens is 1. The first-order valence-corrected chi connectivity index (χ1v) is 10.7. The molecule has 2 aromatic rings. The first kappa shape index (κ1) is 21.6. The minimum atomic E-state index is -0.662. The third-order valence-corrected chi connectivity index (χ3v) is 5.14. The SMILES string of the molecule is CC1(CCCOc2ccc(NC(=O)CBr)cc2)N=C(N)N=C(N)N1c1ccccc1. The predicted octanol–water partition coefficient (Wildman–Crippen LogP) is 3.04. The second kappa shape index (κ2) is 9.62. The van der Waals surface area contributed by atoms with Crippen LogP contribution in [0.3, 0.4) is 0 Å². The molecule has 8 nitrogen and oxygen atoms in total. The van der Waals surface area contributed by atoms with E-state index in [9.17, 15) is 4.79 Å². The van der Waals surface area contributed by atoms with Gasteiger partial charge in [-0.1, -0.05) is 34.1 Å². The van der Waals surface area contributed by atoms with Crippen molar-refractivity contribution in [2.75, 3.05) is 22.2 Å². The van der Waals surface area contributed by atoms with Crippen LogP contribution in [0.15, 0.2) is 64.6 Å². The van der Waals surface area contributed by atoms with Gasteiger partial charge in [0.05, 0.1) is 11.9 Å². The Morgan fingerprint density at radius 1 is 1.17 bits per heavy atom. The fraction of sp³-hybridized carbons (Fsp3) is 0.286. The van der Waals surface area contributed by atoms with Crippen LogP contribution >= 0.6 is 15.9 Å². The minimum Gasteiger partial charge on any atom is -0.494 e. The zero-order valence-electron chi connectivity index (χ0n) is 16.7. The lowest BCUT2D eigenvalue weighted by atomic mass is 10.0. The number of amides is 1. The molecule has 0 radical (unpaired) electrons. The van der Waals surface area contributed by atoms with Gasteiger partial charge in [-0.15, -0.1) is 0 Å².